The van der Waals surface area contributed by atoms with Gasteiger partial charge >= 0.3 is 5.97 Å². The molecule has 1 saturated carbocycles. The summed E-state index contributed by atoms with van der Waals surface area (Å²) >= 11 is 0. The number of carboxylic acid groups (broad SMARTS) is 1. The number of hydrogen-bond acceptors (Lipinski definition) is 4. The molecule has 1 aliphatic carbocycles. The summed E-state index contributed by atoms with van der Waals surface area (Å²) in [6.07, 6.45) is 3.03. The molecule has 0 spiro atoms. The lowest BCUT2D eigenvalue weighted by Gasteiger charge is -1.97. The van der Waals surface area contributed by atoms with Crippen LogP contribution in [0, 0.1) is 0 Å². The molecule has 2 atom stereocenters. The highest BCUT2D eigenvalue weighted by Crippen LogP contribution is 2.13. The third-order valence-electron chi connectivity index (χ3n) is 2.10. The van der Waals surface area contributed by atoms with E-state index in [0.29, 0.717) is 12.1 Å². The van der Waals surface area contributed by atoms with Crippen LogP contribution >= 0.6 is 0 Å². The van der Waals surface area contributed by atoms with Crippen molar-refractivity contribution in [2.45, 2.75) is 58.0 Å². The van der Waals surface area contributed by atoms with Crippen LogP contribution in [0.25, 0.3) is 0 Å². The molecule has 0 aromatic heterocycles. The Morgan fingerprint density at radius 3 is 1.65 bits per heavy atom. The topological polar surface area (TPSA) is 132 Å². The lowest BCUT2D eigenvalue weighted by Crippen LogP contribution is -2.20. The number of nitrogens with two attached hydrogens (primary N) is 3. The highest BCUT2D eigenvalue weighted by atomic mass is 16.4. The number of aliphatic carboxylic acids is 1. The third kappa shape index (κ3) is 14.9. The number of amides is 1. The van der Waals surface area contributed by atoms with Gasteiger partial charge in [-0.15, -0.1) is 0 Å². The van der Waals surface area contributed by atoms with Crippen LogP contribution in [0.3, 0.4) is 0 Å². The molecule has 6 heteroatoms. The van der Waals surface area contributed by atoms with E-state index >= 15 is 0 Å². The summed E-state index contributed by atoms with van der Waals surface area (Å²) in [5.41, 5.74) is 15.7. The molecule has 0 unspecified atom stereocenters. The van der Waals surface area contributed by atoms with E-state index in [9.17, 15) is 9.59 Å². The maximum atomic E-state index is 9.86. The standard InChI is InChI=1S/C5H12N2.C4H7NO3.C2H6/c6-4-1-2-5(7)3-4;5-3(6)1-2-4(7)8;1-2/h4-5H,1-3,6-7H2;1-2H2,(H2,5,6)(H,7,8);1-2H3/t4-,5+;;. The zero-order valence-electron chi connectivity index (χ0n) is 10.7. The summed E-state index contributed by atoms with van der Waals surface area (Å²) in [5, 5.41) is 7.95. The molecule has 1 fully saturated rings. The Kier molecular flexibility index (Phi) is 12.2. The Morgan fingerprint density at radius 1 is 1.12 bits per heavy atom. The molecule has 1 rings (SSSR count). The van der Waals surface area contributed by atoms with E-state index in [1.54, 1.807) is 0 Å². The highest BCUT2D eigenvalue weighted by molar-refractivity contribution is 5.79. The van der Waals surface area contributed by atoms with E-state index in [1.807, 2.05) is 13.8 Å². The van der Waals surface area contributed by atoms with Crippen molar-refractivity contribution in [3.8, 4) is 0 Å². The second-order valence-corrected chi connectivity index (χ2v) is 3.69. The van der Waals surface area contributed by atoms with Gasteiger partial charge in [0.05, 0.1) is 6.42 Å². The number of carboxylic acids is 1. The summed E-state index contributed by atoms with van der Waals surface area (Å²) in [4.78, 5) is 19.6. The van der Waals surface area contributed by atoms with Gasteiger partial charge in [0.25, 0.3) is 0 Å². The van der Waals surface area contributed by atoms with Crippen molar-refractivity contribution in [2.75, 3.05) is 0 Å². The lowest BCUT2D eigenvalue weighted by molar-refractivity contribution is -0.138. The zero-order valence-corrected chi connectivity index (χ0v) is 10.7. The van der Waals surface area contributed by atoms with E-state index < -0.39 is 11.9 Å². The fourth-order valence-corrected chi connectivity index (χ4v) is 1.28. The van der Waals surface area contributed by atoms with Crippen LogP contribution in [0.2, 0.25) is 0 Å². The Labute approximate surface area is 103 Å². The first-order valence-corrected chi connectivity index (χ1v) is 5.93. The zero-order chi connectivity index (χ0) is 13.8. The molecule has 7 N–H and O–H groups in total. The molecule has 0 bridgehead atoms. The van der Waals surface area contributed by atoms with Gasteiger partial charge in [0.15, 0.2) is 0 Å². The van der Waals surface area contributed by atoms with Crippen molar-refractivity contribution in [3.05, 3.63) is 0 Å². The summed E-state index contributed by atoms with van der Waals surface area (Å²) < 4.78 is 0. The molecular weight excluding hydrogens is 222 g/mol. The molecule has 0 aromatic rings. The normalized spacial score (nSPS) is 21.6. The van der Waals surface area contributed by atoms with E-state index in [-0.39, 0.29) is 12.8 Å². The average molecular weight is 247 g/mol. The summed E-state index contributed by atoms with van der Waals surface area (Å²) in [5.74, 6) is -1.57. The van der Waals surface area contributed by atoms with Gasteiger partial charge in [-0.2, -0.15) is 0 Å². The van der Waals surface area contributed by atoms with E-state index in [1.165, 1.54) is 0 Å². The number of rotatable bonds is 3. The number of carbonyl (C=O) groups excluding carboxylic acids is 1. The first kappa shape index (κ1) is 18.2. The van der Waals surface area contributed by atoms with Crippen LogP contribution < -0.4 is 17.2 Å². The van der Waals surface area contributed by atoms with Crippen molar-refractivity contribution in [3.63, 3.8) is 0 Å². The summed E-state index contributed by atoms with van der Waals surface area (Å²) in [6.45, 7) is 4.00. The first-order valence-electron chi connectivity index (χ1n) is 5.93. The molecule has 0 heterocycles. The fraction of sp³-hybridized carbons (Fsp3) is 0.818. The van der Waals surface area contributed by atoms with Gasteiger partial charge in [-0.1, -0.05) is 13.8 Å². The predicted molar refractivity (Wildman–Crippen MR) is 67.2 cm³/mol. The second-order valence-electron chi connectivity index (χ2n) is 3.69. The maximum Gasteiger partial charge on any atom is 0.303 e. The smallest absolute Gasteiger partial charge is 0.303 e. The van der Waals surface area contributed by atoms with Gasteiger partial charge in [-0.25, -0.2) is 0 Å². The van der Waals surface area contributed by atoms with Crippen LogP contribution in [0.1, 0.15) is 46.0 Å². The third-order valence-corrected chi connectivity index (χ3v) is 2.10. The van der Waals surface area contributed by atoms with Crippen molar-refractivity contribution < 1.29 is 14.7 Å². The summed E-state index contributed by atoms with van der Waals surface area (Å²) in [7, 11) is 0. The molecule has 0 saturated heterocycles. The van der Waals surface area contributed by atoms with Gasteiger partial charge in [-0.3, -0.25) is 9.59 Å². The van der Waals surface area contributed by atoms with Gasteiger partial charge in [0.1, 0.15) is 0 Å². The SMILES string of the molecule is CC.NC(=O)CCC(=O)O.N[C@@H]1CC[C@H](N)C1. The molecule has 102 valence electrons. The monoisotopic (exact) mass is 247 g/mol. The number of carbonyl (C=O) groups is 2. The molecule has 1 amide bonds. The molecule has 0 aliphatic heterocycles. The van der Waals surface area contributed by atoms with Gasteiger partial charge in [0, 0.05) is 18.5 Å². The molecule has 1 aliphatic rings. The Bertz CT molecular complexity index is 200. The predicted octanol–water partition coefficient (Wildman–Crippen LogP) is 0.188. The van der Waals surface area contributed by atoms with Crippen LogP contribution in [0.5, 0.6) is 0 Å². The first-order chi connectivity index (χ1) is 7.91. The minimum Gasteiger partial charge on any atom is -0.481 e. The Hall–Kier alpha value is -1.14. The highest BCUT2D eigenvalue weighted by Gasteiger charge is 2.16. The van der Waals surface area contributed by atoms with Gasteiger partial charge < -0.3 is 22.3 Å². The average Bonchev–Trinajstić information content (AvgIpc) is 2.63. The minimum atomic E-state index is -0.996. The van der Waals surface area contributed by atoms with Gasteiger partial charge in [-0.05, 0) is 19.3 Å². The number of hydrogen-bond donors (Lipinski definition) is 4. The lowest BCUT2D eigenvalue weighted by atomic mass is 10.2. The molecular formula is C11H25N3O3. The van der Waals surface area contributed by atoms with Crippen molar-refractivity contribution >= 4 is 11.9 Å². The Balaban J connectivity index is 0. The van der Waals surface area contributed by atoms with Gasteiger partial charge in [0.2, 0.25) is 5.91 Å². The van der Waals surface area contributed by atoms with E-state index in [2.05, 4.69) is 5.73 Å². The molecule has 17 heavy (non-hydrogen) atoms. The van der Waals surface area contributed by atoms with Crippen molar-refractivity contribution in [1.82, 2.24) is 0 Å². The van der Waals surface area contributed by atoms with Crippen LogP contribution in [-0.4, -0.2) is 29.1 Å². The van der Waals surface area contributed by atoms with Crippen molar-refractivity contribution in [1.29, 1.82) is 0 Å². The van der Waals surface area contributed by atoms with Crippen molar-refractivity contribution in [2.24, 2.45) is 17.2 Å². The minimum absolute atomic E-state index is 0.0741. The largest absolute Gasteiger partial charge is 0.481 e. The van der Waals surface area contributed by atoms with Crippen LogP contribution in [0.15, 0.2) is 0 Å². The van der Waals surface area contributed by atoms with E-state index in [4.69, 9.17) is 16.6 Å². The van der Waals surface area contributed by atoms with Crippen LogP contribution in [0.4, 0.5) is 0 Å². The summed E-state index contributed by atoms with van der Waals surface area (Å²) in [6, 6.07) is 0.796. The Morgan fingerprint density at radius 2 is 1.53 bits per heavy atom. The maximum absolute atomic E-state index is 9.86. The molecule has 6 nitrogen and oxygen atoms in total. The quantitative estimate of drug-likeness (QED) is 0.565. The molecule has 0 aromatic carbocycles. The number of primary amides is 1. The second kappa shape index (κ2) is 11.3. The molecule has 0 radical (unpaired) electrons. The fourth-order valence-electron chi connectivity index (χ4n) is 1.28. The van der Waals surface area contributed by atoms with Crippen LogP contribution in [-0.2, 0) is 9.59 Å². The van der Waals surface area contributed by atoms with E-state index in [0.717, 1.165) is 19.3 Å².